The maximum absolute atomic E-state index is 5.91. The van der Waals surface area contributed by atoms with Gasteiger partial charge in [-0.15, -0.1) is 0 Å². The SMILES string of the molecule is Clc1ccc(NCc2ccccc2-c2ccccc2)cc1. The number of rotatable bonds is 4. The van der Waals surface area contributed by atoms with Gasteiger partial charge in [0.2, 0.25) is 0 Å². The summed E-state index contributed by atoms with van der Waals surface area (Å²) in [5, 5.41) is 4.19. The number of hydrogen-bond donors (Lipinski definition) is 1. The molecule has 0 aliphatic heterocycles. The van der Waals surface area contributed by atoms with Crippen molar-refractivity contribution in [2.24, 2.45) is 0 Å². The zero-order valence-corrected chi connectivity index (χ0v) is 12.3. The zero-order chi connectivity index (χ0) is 14.5. The van der Waals surface area contributed by atoms with E-state index in [9.17, 15) is 0 Å². The molecule has 0 bridgehead atoms. The van der Waals surface area contributed by atoms with Crippen LogP contribution in [0.3, 0.4) is 0 Å². The van der Waals surface area contributed by atoms with Crippen LogP contribution in [0, 0.1) is 0 Å². The average molecular weight is 294 g/mol. The summed E-state index contributed by atoms with van der Waals surface area (Å²) in [6, 6.07) is 26.7. The molecule has 104 valence electrons. The zero-order valence-electron chi connectivity index (χ0n) is 11.6. The second kappa shape index (κ2) is 6.47. The Kier molecular flexibility index (Phi) is 4.23. The van der Waals surface area contributed by atoms with Crippen LogP contribution in [0.4, 0.5) is 5.69 Å². The fraction of sp³-hybridized carbons (Fsp3) is 0.0526. The molecule has 0 atom stereocenters. The van der Waals surface area contributed by atoms with Crippen LogP contribution >= 0.6 is 11.6 Å². The highest BCUT2D eigenvalue weighted by Gasteiger charge is 2.03. The number of anilines is 1. The van der Waals surface area contributed by atoms with Gasteiger partial charge in [0.25, 0.3) is 0 Å². The number of benzene rings is 3. The van der Waals surface area contributed by atoms with E-state index in [0.717, 1.165) is 17.3 Å². The summed E-state index contributed by atoms with van der Waals surface area (Å²) in [4.78, 5) is 0. The Morgan fingerprint density at radius 3 is 2.14 bits per heavy atom. The monoisotopic (exact) mass is 293 g/mol. The molecule has 1 N–H and O–H groups in total. The maximum Gasteiger partial charge on any atom is 0.0407 e. The standard InChI is InChI=1S/C19H16ClN/c20-17-10-12-18(13-11-17)21-14-16-8-4-5-9-19(16)15-6-2-1-3-7-15/h1-13,21H,14H2. The average Bonchev–Trinajstić information content (AvgIpc) is 2.55. The molecular weight excluding hydrogens is 278 g/mol. The van der Waals surface area contributed by atoms with Crippen molar-refractivity contribution < 1.29 is 0 Å². The summed E-state index contributed by atoms with van der Waals surface area (Å²) < 4.78 is 0. The highest BCUT2D eigenvalue weighted by atomic mass is 35.5. The Bertz CT molecular complexity index is 705. The lowest BCUT2D eigenvalue weighted by molar-refractivity contribution is 1.15. The van der Waals surface area contributed by atoms with Crippen molar-refractivity contribution >= 4 is 17.3 Å². The highest BCUT2D eigenvalue weighted by Crippen LogP contribution is 2.24. The van der Waals surface area contributed by atoms with Gasteiger partial charge in [-0.2, -0.15) is 0 Å². The number of halogens is 1. The molecule has 3 rings (SSSR count). The Labute approximate surface area is 130 Å². The van der Waals surface area contributed by atoms with Gasteiger partial charge in [0.1, 0.15) is 0 Å². The van der Waals surface area contributed by atoms with E-state index in [1.54, 1.807) is 0 Å². The molecule has 0 aliphatic carbocycles. The lowest BCUT2D eigenvalue weighted by atomic mass is 10.00. The number of hydrogen-bond acceptors (Lipinski definition) is 1. The quantitative estimate of drug-likeness (QED) is 0.658. The highest BCUT2D eigenvalue weighted by molar-refractivity contribution is 6.30. The van der Waals surface area contributed by atoms with Crippen molar-refractivity contribution in [1.29, 1.82) is 0 Å². The van der Waals surface area contributed by atoms with Crippen LogP contribution in [0.15, 0.2) is 78.9 Å². The summed E-state index contributed by atoms with van der Waals surface area (Å²) >= 11 is 5.91. The lowest BCUT2D eigenvalue weighted by Crippen LogP contribution is -2.00. The van der Waals surface area contributed by atoms with Gasteiger partial charge in [-0.25, -0.2) is 0 Å². The Balaban J connectivity index is 1.81. The lowest BCUT2D eigenvalue weighted by Gasteiger charge is -2.12. The van der Waals surface area contributed by atoms with E-state index in [2.05, 4.69) is 53.8 Å². The van der Waals surface area contributed by atoms with Crippen molar-refractivity contribution in [3.8, 4) is 11.1 Å². The van der Waals surface area contributed by atoms with Gasteiger partial charge in [0.05, 0.1) is 0 Å². The molecule has 2 heteroatoms. The van der Waals surface area contributed by atoms with Crippen molar-refractivity contribution in [1.82, 2.24) is 0 Å². The molecule has 0 heterocycles. The van der Waals surface area contributed by atoms with E-state index in [4.69, 9.17) is 11.6 Å². The van der Waals surface area contributed by atoms with Gasteiger partial charge in [-0.3, -0.25) is 0 Å². The van der Waals surface area contributed by atoms with Gasteiger partial charge in [0.15, 0.2) is 0 Å². The minimum Gasteiger partial charge on any atom is -0.381 e. The first-order valence-corrected chi connectivity index (χ1v) is 7.33. The van der Waals surface area contributed by atoms with Crippen LogP contribution in [0.1, 0.15) is 5.56 Å². The molecule has 0 unspecified atom stereocenters. The third-order valence-electron chi connectivity index (χ3n) is 3.43. The molecule has 0 radical (unpaired) electrons. The first-order valence-electron chi connectivity index (χ1n) is 6.96. The van der Waals surface area contributed by atoms with Crippen LogP contribution < -0.4 is 5.32 Å². The van der Waals surface area contributed by atoms with Crippen LogP contribution in [-0.4, -0.2) is 0 Å². The Morgan fingerprint density at radius 1 is 0.714 bits per heavy atom. The molecular formula is C19H16ClN. The van der Waals surface area contributed by atoms with E-state index in [1.807, 2.05) is 30.3 Å². The molecule has 0 amide bonds. The summed E-state index contributed by atoms with van der Waals surface area (Å²) in [6.45, 7) is 0.784. The van der Waals surface area contributed by atoms with E-state index >= 15 is 0 Å². The largest absolute Gasteiger partial charge is 0.381 e. The summed E-state index contributed by atoms with van der Waals surface area (Å²) in [5.74, 6) is 0. The fourth-order valence-electron chi connectivity index (χ4n) is 2.34. The van der Waals surface area contributed by atoms with E-state index in [0.29, 0.717) is 0 Å². The normalized spacial score (nSPS) is 10.3. The van der Waals surface area contributed by atoms with E-state index in [1.165, 1.54) is 16.7 Å². The first-order chi connectivity index (χ1) is 10.3. The predicted octanol–water partition coefficient (Wildman–Crippen LogP) is 5.62. The van der Waals surface area contributed by atoms with Crippen LogP contribution in [-0.2, 0) is 6.54 Å². The third-order valence-corrected chi connectivity index (χ3v) is 3.68. The summed E-state index contributed by atoms with van der Waals surface area (Å²) in [7, 11) is 0. The van der Waals surface area contributed by atoms with Gasteiger partial charge < -0.3 is 5.32 Å². The molecule has 0 spiro atoms. The van der Waals surface area contributed by atoms with Crippen molar-refractivity contribution in [2.75, 3.05) is 5.32 Å². The van der Waals surface area contributed by atoms with Gasteiger partial charge in [-0.1, -0.05) is 66.2 Å². The third kappa shape index (κ3) is 3.45. The van der Waals surface area contributed by atoms with E-state index < -0.39 is 0 Å². The molecule has 3 aromatic carbocycles. The molecule has 3 aromatic rings. The Morgan fingerprint density at radius 2 is 1.38 bits per heavy atom. The van der Waals surface area contributed by atoms with Crippen LogP contribution in [0.25, 0.3) is 11.1 Å². The second-order valence-electron chi connectivity index (χ2n) is 4.88. The molecule has 0 saturated heterocycles. The van der Waals surface area contributed by atoms with Crippen molar-refractivity contribution in [2.45, 2.75) is 6.54 Å². The number of nitrogens with one attached hydrogen (secondary N) is 1. The van der Waals surface area contributed by atoms with E-state index in [-0.39, 0.29) is 0 Å². The molecule has 21 heavy (non-hydrogen) atoms. The van der Waals surface area contributed by atoms with Crippen molar-refractivity contribution in [3.05, 3.63) is 89.4 Å². The minimum atomic E-state index is 0.755. The van der Waals surface area contributed by atoms with Gasteiger partial charge in [0, 0.05) is 17.3 Å². The summed E-state index contributed by atoms with van der Waals surface area (Å²) in [6.07, 6.45) is 0. The molecule has 0 saturated carbocycles. The van der Waals surface area contributed by atoms with Crippen LogP contribution in [0.2, 0.25) is 5.02 Å². The fourth-order valence-corrected chi connectivity index (χ4v) is 2.46. The van der Waals surface area contributed by atoms with Gasteiger partial charge in [-0.05, 0) is 41.0 Å². The second-order valence-corrected chi connectivity index (χ2v) is 5.32. The maximum atomic E-state index is 5.91. The molecule has 0 fully saturated rings. The first kappa shape index (κ1) is 13.7. The van der Waals surface area contributed by atoms with Gasteiger partial charge >= 0.3 is 0 Å². The van der Waals surface area contributed by atoms with Crippen molar-refractivity contribution in [3.63, 3.8) is 0 Å². The molecule has 0 aliphatic rings. The summed E-state index contributed by atoms with van der Waals surface area (Å²) in [5.41, 5.74) is 4.85. The molecule has 0 aromatic heterocycles. The molecule has 1 nitrogen and oxygen atoms in total. The smallest absolute Gasteiger partial charge is 0.0407 e. The Hall–Kier alpha value is -2.25. The van der Waals surface area contributed by atoms with Crippen LogP contribution in [0.5, 0.6) is 0 Å². The predicted molar refractivity (Wildman–Crippen MR) is 90.7 cm³/mol. The topological polar surface area (TPSA) is 12.0 Å². The minimum absolute atomic E-state index is 0.755.